The van der Waals surface area contributed by atoms with Gasteiger partial charge < -0.3 is 14.8 Å². The predicted molar refractivity (Wildman–Crippen MR) is 131 cm³/mol. The van der Waals surface area contributed by atoms with Gasteiger partial charge in [-0.15, -0.1) is 0 Å². The minimum absolute atomic E-state index is 0.178. The highest BCUT2D eigenvalue weighted by Gasteiger charge is 2.63. The normalized spacial score (nSPS) is 28.9. The van der Waals surface area contributed by atoms with Crippen LogP contribution >= 0.6 is 0 Å². The molecule has 4 bridgehead atoms. The number of ether oxygens (including phenoxy) is 2. The minimum atomic E-state index is -0.858. The molecular weight excluding hydrogens is 461 g/mol. The van der Waals surface area contributed by atoms with Crippen LogP contribution in [0.5, 0.6) is 0 Å². The molecule has 1 N–H and O–H groups in total. The lowest BCUT2D eigenvalue weighted by atomic mass is 9.44. The van der Waals surface area contributed by atoms with Crippen LogP contribution in [-0.2, 0) is 30.3 Å². The van der Waals surface area contributed by atoms with Crippen molar-refractivity contribution in [2.45, 2.75) is 51.0 Å². The summed E-state index contributed by atoms with van der Waals surface area (Å²) in [5.74, 6) is -0.576. The number of rotatable bonds is 7. The van der Waals surface area contributed by atoms with Gasteiger partial charge >= 0.3 is 11.9 Å². The highest BCUT2D eigenvalue weighted by atomic mass is 19.1. The van der Waals surface area contributed by atoms with E-state index in [2.05, 4.69) is 5.32 Å². The third kappa shape index (κ3) is 4.29. The summed E-state index contributed by atoms with van der Waals surface area (Å²) >= 11 is 0. The van der Waals surface area contributed by atoms with Gasteiger partial charge in [0.2, 0.25) is 5.91 Å². The molecule has 2 aromatic rings. The van der Waals surface area contributed by atoms with Crippen LogP contribution in [0.2, 0.25) is 0 Å². The van der Waals surface area contributed by atoms with Crippen LogP contribution in [0.1, 0.15) is 44.1 Å². The number of hydrogen-bond donors (Lipinski definition) is 1. The van der Waals surface area contributed by atoms with Crippen LogP contribution in [0, 0.1) is 28.5 Å². The van der Waals surface area contributed by atoms with Crippen molar-refractivity contribution in [3.05, 3.63) is 59.9 Å². The quantitative estimate of drug-likeness (QED) is 0.577. The smallest absolute Gasteiger partial charge is 0.328 e. The third-order valence-corrected chi connectivity index (χ3v) is 8.53. The number of carbonyl (C=O) groups is 3. The Morgan fingerprint density at radius 3 is 2.19 bits per heavy atom. The fourth-order valence-electron chi connectivity index (χ4n) is 7.38. The largest absolute Gasteiger partial charge is 0.469 e. The number of hydrogen-bond acceptors (Lipinski definition) is 5. The number of nitrogens with one attached hydrogen (secondary N) is 1. The molecule has 0 heterocycles. The fraction of sp³-hybridized carbons (Fsp3) is 0.483. The van der Waals surface area contributed by atoms with Gasteiger partial charge in [0, 0.05) is 12.0 Å². The minimum Gasteiger partial charge on any atom is -0.469 e. The van der Waals surface area contributed by atoms with E-state index in [1.165, 1.54) is 20.3 Å². The van der Waals surface area contributed by atoms with E-state index in [0.29, 0.717) is 23.8 Å². The summed E-state index contributed by atoms with van der Waals surface area (Å²) in [5, 5.41) is 2.98. The summed E-state index contributed by atoms with van der Waals surface area (Å²) in [5.41, 5.74) is 0.793. The highest BCUT2D eigenvalue weighted by molar-refractivity contribution is 5.90. The first-order valence-corrected chi connectivity index (χ1v) is 12.6. The lowest BCUT2D eigenvalue weighted by Gasteiger charge is -2.59. The average molecular weight is 494 g/mol. The number of benzene rings is 2. The van der Waals surface area contributed by atoms with Crippen molar-refractivity contribution in [3.63, 3.8) is 0 Å². The Bertz CT molecular complexity index is 1160. The highest BCUT2D eigenvalue weighted by Crippen LogP contribution is 2.65. The van der Waals surface area contributed by atoms with Crippen LogP contribution in [-0.4, -0.2) is 38.1 Å². The second-order valence-corrected chi connectivity index (χ2v) is 10.9. The van der Waals surface area contributed by atoms with Gasteiger partial charge in [0.1, 0.15) is 11.9 Å². The van der Waals surface area contributed by atoms with Gasteiger partial charge in [-0.3, -0.25) is 9.59 Å². The Labute approximate surface area is 210 Å². The van der Waals surface area contributed by atoms with Crippen molar-refractivity contribution in [3.8, 4) is 11.1 Å². The monoisotopic (exact) mass is 493 g/mol. The van der Waals surface area contributed by atoms with Gasteiger partial charge in [-0.25, -0.2) is 9.18 Å². The molecule has 0 spiro atoms. The second kappa shape index (κ2) is 9.34. The molecule has 6 nitrogen and oxygen atoms in total. The fourth-order valence-corrected chi connectivity index (χ4v) is 7.38. The number of carbonyl (C=O) groups excluding carboxylic acids is 3. The molecular formula is C29H32FNO5. The number of esters is 2. The Kier molecular flexibility index (Phi) is 6.35. The molecule has 0 radical (unpaired) electrons. The summed E-state index contributed by atoms with van der Waals surface area (Å²) in [6.45, 7) is 0. The summed E-state index contributed by atoms with van der Waals surface area (Å²) in [6, 6.07) is 13.0. The lowest BCUT2D eigenvalue weighted by molar-refractivity contribution is -0.182. The summed E-state index contributed by atoms with van der Waals surface area (Å²) < 4.78 is 24.3. The van der Waals surface area contributed by atoms with Crippen molar-refractivity contribution in [2.24, 2.45) is 22.7 Å². The maximum Gasteiger partial charge on any atom is 0.328 e. The molecule has 4 fully saturated rings. The Balaban J connectivity index is 1.34. The average Bonchev–Trinajstić information content (AvgIpc) is 2.87. The molecule has 4 aliphatic rings. The van der Waals surface area contributed by atoms with E-state index >= 15 is 0 Å². The molecule has 3 atom stereocenters. The number of halogens is 1. The van der Waals surface area contributed by atoms with Crippen LogP contribution in [0.15, 0.2) is 48.5 Å². The van der Waals surface area contributed by atoms with Crippen LogP contribution < -0.4 is 5.32 Å². The second-order valence-electron chi connectivity index (χ2n) is 10.9. The van der Waals surface area contributed by atoms with Gasteiger partial charge in [-0.05, 0) is 67.6 Å². The molecule has 36 heavy (non-hydrogen) atoms. The van der Waals surface area contributed by atoms with Crippen molar-refractivity contribution in [1.82, 2.24) is 5.32 Å². The van der Waals surface area contributed by atoms with E-state index < -0.39 is 22.8 Å². The first-order chi connectivity index (χ1) is 17.3. The van der Waals surface area contributed by atoms with Crippen molar-refractivity contribution >= 4 is 17.8 Å². The third-order valence-electron chi connectivity index (χ3n) is 8.53. The first-order valence-electron chi connectivity index (χ1n) is 12.6. The van der Waals surface area contributed by atoms with E-state index in [-0.39, 0.29) is 24.1 Å². The van der Waals surface area contributed by atoms with Gasteiger partial charge in [-0.1, -0.05) is 42.5 Å². The molecule has 6 rings (SSSR count). The molecule has 4 aliphatic carbocycles. The molecule has 190 valence electrons. The molecule has 4 saturated carbocycles. The van der Waals surface area contributed by atoms with Gasteiger partial charge in [0.05, 0.1) is 25.0 Å². The van der Waals surface area contributed by atoms with Crippen molar-refractivity contribution in [2.75, 3.05) is 14.2 Å². The molecule has 0 saturated heterocycles. The van der Waals surface area contributed by atoms with Crippen LogP contribution in [0.3, 0.4) is 0 Å². The van der Waals surface area contributed by atoms with Crippen LogP contribution in [0.25, 0.3) is 11.1 Å². The van der Waals surface area contributed by atoms with Gasteiger partial charge in [0.25, 0.3) is 0 Å². The zero-order chi connectivity index (χ0) is 25.5. The maximum absolute atomic E-state index is 14.2. The first kappa shape index (κ1) is 24.5. The van der Waals surface area contributed by atoms with E-state index in [1.807, 2.05) is 24.3 Å². The lowest BCUT2D eigenvalue weighted by Crippen LogP contribution is -2.61. The summed E-state index contributed by atoms with van der Waals surface area (Å²) in [7, 11) is 2.72. The summed E-state index contributed by atoms with van der Waals surface area (Å²) in [4.78, 5) is 39.2. The SMILES string of the molecule is COC(=O)[C@H](Cc1ccc(-c2ccccc2F)cc1)NC(=O)C12CC3CC(C1)CC(C(=O)OC)(C3)C2. The Morgan fingerprint density at radius 2 is 1.58 bits per heavy atom. The zero-order valence-corrected chi connectivity index (χ0v) is 20.7. The molecule has 2 unspecified atom stereocenters. The molecule has 1 amide bonds. The number of amides is 1. The maximum atomic E-state index is 14.2. The Hall–Kier alpha value is -3.22. The van der Waals surface area contributed by atoms with E-state index in [1.54, 1.807) is 18.2 Å². The topological polar surface area (TPSA) is 81.7 Å². The van der Waals surface area contributed by atoms with E-state index in [0.717, 1.165) is 43.2 Å². The molecule has 0 aliphatic heterocycles. The standard InChI is InChI=1S/C29H32FNO5/c1-35-25(32)24(12-18-7-9-21(10-8-18)22-5-3-4-6-23(22)30)31-26(33)28-13-19-11-20(14-28)16-29(15-19,17-28)27(34)36-2/h3-10,19-20,24H,11-17H2,1-2H3,(H,31,33)/t19?,20?,24-,28?,29?/m0/s1. The molecule has 2 aromatic carbocycles. The van der Waals surface area contributed by atoms with Crippen LogP contribution in [0.4, 0.5) is 4.39 Å². The van der Waals surface area contributed by atoms with E-state index in [4.69, 9.17) is 9.47 Å². The summed E-state index contributed by atoms with van der Waals surface area (Å²) in [6.07, 6.45) is 4.79. The van der Waals surface area contributed by atoms with Gasteiger partial charge in [-0.2, -0.15) is 0 Å². The molecule has 0 aromatic heterocycles. The van der Waals surface area contributed by atoms with Crippen molar-refractivity contribution in [1.29, 1.82) is 0 Å². The predicted octanol–water partition coefficient (Wildman–Crippen LogP) is 4.45. The number of methoxy groups -OCH3 is 2. The van der Waals surface area contributed by atoms with E-state index in [9.17, 15) is 18.8 Å². The van der Waals surface area contributed by atoms with Gasteiger partial charge in [0.15, 0.2) is 0 Å². The van der Waals surface area contributed by atoms with Crippen molar-refractivity contribution < 1.29 is 28.2 Å². The molecule has 7 heteroatoms. The Morgan fingerprint density at radius 1 is 0.944 bits per heavy atom. The zero-order valence-electron chi connectivity index (χ0n) is 20.7.